The second kappa shape index (κ2) is 9.17. The van der Waals surface area contributed by atoms with Crippen molar-refractivity contribution in [3.05, 3.63) is 0 Å². The molecule has 0 saturated carbocycles. The van der Waals surface area contributed by atoms with Gasteiger partial charge >= 0.3 is 18.0 Å². The largest absolute Gasteiger partial charge is 0.463 e. The fourth-order valence-corrected chi connectivity index (χ4v) is 2.99. The molecule has 0 atom stereocenters. The Morgan fingerprint density at radius 3 is 2.14 bits per heavy atom. The summed E-state index contributed by atoms with van der Waals surface area (Å²) in [5.41, 5.74) is -0.747. The summed E-state index contributed by atoms with van der Waals surface area (Å²) in [6.07, 6.45) is -2.73. The topological polar surface area (TPSA) is 53.0 Å². The molecule has 1 saturated heterocycles. The van der Waals surface area contributed by atoms with Crippen molar-refractivity contribution in [1.82, 2.24) is 9.80 Å². The molecule has 1 heterocycles. The molecular formula is C18H28F5N3O2. The van der Waals surface area contributed by atoms with Crippen LogP contribution in [0.15, 0.2) is 4.99 Å². The molecule has 162 valence electrons. The Bertz CT molecular complexity index is 582. The van der Waals surface area contributed by atoms with Gasteiger partial charge in [0.25, 0.3) is 0 Å². The molecule has 2 amide bonds. The summed E-state index contributed by atoms with van der Waals surface area (Å²) < 4.78 is 63.9. The van der Waals surface area contributed by atoms with Crippen molar-refractivity contribution in [1.29, 1.82) is 0 Å². The first kappa shape index (κ1) is 24.3. The number of piperidine rings is 1. The van der Waals surface area contributed by atoms with Crippen LogP contribution in [0, 0.1) is 0 Å². The maximum atomic E-state index is 13.3. The lowest BCUT2D eigenvalue weighted by Gasteiger charge is -2.39. The van der Waals surface area contributed by atoms with Crippen LogP contribution in [0.25, 0.3) is 0 Å². The molecule has 0 N–H and O–H groups in total. The molecule has 1 aliphatic rings. The highest BCUT2D eigenvalue weighted by Crippen LogP contribution is 2.38. The second-order valence-corrected chi connectivity index (χ2v) is 7.60. The molecule has 5 nitrogen and oxygen atoms in total. The van der Waals surface area contributed by atoms with E-state index in [0.717, 1.165) is 12.8 Å². The highest BCUT2D eigenvalue weighted by molar-refractivity contribution is 5.91. The third kappa shape index (κ3) is 5.64. The number of likely N-dealkylation sites (tertiary alicyclic amines) is 1. The fourth-order valence-electron chi connectivity index (χ4n) is 2.99. The van der Waals surface area contributed by atoms with Crippen molar-refractivity contribution in [3.8, 4) is 0 Å². The first-order chi connectivity index (χ1) is 12.8. The van der Waals surface area contributed by atoms with Gasteiger partial charge in [-0.1, -0.05) is 13.3 Å². The lowest BCUT2D eigenvalue weighted by atomic mass is 9.89. The Balaban J connectivity index is 2.96. The van der Waals surface area contributed by atoms with Crippen molar-refractivity contribution in [2.24, 2.45) is 4.99 Å². The molecule has 10 heteroatoms. The minimum Gasteiger partial charge on any atom is -0.337 e. The quantitative estimate of drug-likeness (QED) is 0.274. The number of alkyl halides is 5. The average molecular weight is 413 g/mol. The monoisotopic (exact) mass is 413 g/mol. The molecule has 0 aliphatic carbocycles. The van der Waals surface area contributed by atoms with Gasteiger partial charge in [-0.3, -0.25) is 14.6 Å². The third-order valence-corrected chi connectivity index (χ3v) is 4.87. The highest BCUT2D eigenvalue weighted by atomic mass is 19.4. The number of aliphatic imine (C=N–C) groups is 1. The SMILES string of the molecule is CCCCC(=NC1(C)CCN(C(=O)C(F)(F)C(F)(F)F)CC1)N(C=O)C(C)C. The molecule has 28 heavy (non-hydrogen) atoms. The van der Waals surface area contributed by atoms with Gasteiger partial charge in [0.2, 0.25) is 6.41 Å². The number of halogens is 5. The molecular weight excluding hydrogens is 385 g/mol. The summed E-state index contributed by atoms with van der Waals surface area (Å²) in [5.74, 6) is -7.06. The Morgan fingerprint density at radius 2 is 1.75 bits per heavy atom. The molecule has 0 aromatic rings. The number of unbranched alkanes of at least 4 members (excludes halogenated alkanes) is 1. The van der Waals surface area contributed by atoms with Crippen molar-refractivity contribution in [2.45, 2.75) is 83.5 Å². The van der Waals surface area contributed by atoms with Gasteiger partial charge in [-0.2, -0.15) is 22.0 Å². The number of nitrogens with zero attached hydrogens (tertiary/aromatic N) is 3. The van der Waals surface area contributed by atoms with Crippen LogP contribution in [-0.2, 0) is 9.59 Å². The average Bonchev–Trinajstić information content (AvgIpc) is 2.58. The number of amidine groups is 1. The van der Waals surface area contributed by atoms with E-state index in [-0.39, 0.29) is 32.0 Å². The summed E-state index contributed by atoms with van der Waals surface area (Å²) in [6.45, 7) is 6.90. The molecule has 1 aliphatic heterocycles. The molecule has 0 spiro atoms. The van der Waals surface area contributed by atoms with Crippen LogP contribution >= 0.6 is 0 Å². The van der Waals surface area contributed by atoms with Gasteiger partial charge in [0.05, 0.1) is 5.54 Å². The minimum absolute atomic E-state index is 0.121. The zero-order chi connectivity index (χ0) is 21.8. The minimum atomic E-state index is -5.92. The first-order valence-corrected chi connectivity index (χ1v) is 9.35. The van der Waals surface area contributed by atoms with E-state index in [1.54, 1.807) is 6.92 Å². The molecule has 0 bridgehead atoms. The number of amides is 2. The van der Waals surface area contributed by atoms with Crippen molar-refractivity contribution in [3.63, 3.8) is 0 Å². The summed E-state index contributed by atoms with van der Waals surface area (Å²) in [6, 6.07) is -0.121. The Hall–Kier alpha value is -1.74. The summed E-state index contributed by atoms with van der Waals surface area (Å²) in [5, 5.41) is 0. The van der Waals surface area contributed by atoms with Crippen molar-refractivity contribution < 1.29 is 31.5 Å². The van der Waals surface area contributed by atoms with Crippen LogP contribution in [0.1, 0.15) is 59.8 Å². The van der Waals surface area contributed by atoms with Crippen LogP contribution in [0.5, 0.6) is 0 Å². The molecule has 0 aromatic heterocycles. The number of carbonyl (C=O) groups excluding carboxylic acids is 2. The van der Waals surface area contributed by atoms with Gasteiger partial charge in [-0.05, 0) is 40.0 Å². The van der Waals surface area contributed by atoms with E-state index in [4.69, 9.17) is 0 Å². The lowest BCUT2D eigenvalue weighted by molar-refractivity contribution is -0.274. The van der Waals surface area contributed by atoms with E-state index in [1.807, 2.05) is 20.8 Å². The van der Waals surface area contributed by atoms with E-state index >= 15 is 0 Å². The van der Waals surface area contributed by atoms with Crippen molar-refractivity contribution in [2.75, 3.05) is 13.1 Å². The Morgan fingerprint density at radius 1 is 1.21 bits per heavy atom. The maximum Gasteiger partial charge on any atom is 0.463 e. The Kier molecular flexibility index (Phi) is 7.96. The highest BCUT2D eigenvalue weighted by Gasteiger charge is 2.64. The molecule has 0 aromatic carbocycles. The van der Waals surface area contributed by atoms with E-state index < -0.39 is 23.5 Å². The second-order valence-electron chi connectivity index (χ2n) is 7.60. The van der Waals surface area contributed by atoms with E-state index in [9.17, 15) is 31.5 Å². The Labute approximate surface area is 162 Å². The maximum absolute atomic E-state index is 13.3. The van der Waals surface area contributed by atoms with E-state index in [1.165, 1.54) is 4.90 Å². The van der Waals surface area contributed by atoms with Crippen LogP contribution < -0.4 is 0 Å². The van der Waals surface area contributed by atoms with Gasteiger partial charge in [-0.15, -0.1) is 0 Å². The van der Waals surface area contributed by atoms with E-state index in [2.05, 4.69) is 4.99 Å². The molecule has 1 fully saturated rings. The molecule has 1 rings (SSSR count). The standard InChI is InChI=1S/C18H28F5N3O2/c1-5-6-7-14(26(12-27)13(2)3)24-16(4)8-10-25(11-9-16)15(28)17(19,20)18(21,22)23/h12-13H,5-11H2,1-4H3. The molecule has 0 radical (unpaired) electrons. The van der Waals surface area contributed by atoms with Gasteiger partial charge in [-0.25, -0.2) is 0 Å². The van der Waals surface area contributed by atoms with Gasteiger partial charge in [0, 0.05) is 25.6 Å². The van der Waals surface area contributed by atoms with Crippen LogP contribution in [0.2, 0.25) is 0 Å². The zero-order valence-corrected chi connectivity index (χ0v) is 16.7. The van der Waals surface area contributed by atoms with Crippen LogP contribution in [0.4, 0.5) is 22.0 Å². The number of hydrogen-bond donors (Lipinski definition) is 0. The number of carbonyl (C=O) groups is 2. The van der Waals surface area contributed by atoms with Crippen LogP contribution in [0.3, 0.4) is 0 Å². The number of rotatable bonds is 7. The number of hydrogen-bond acceptors (Lipinski definition) is 3. The third-order valence-electron chi connectivity index (χ3n) is 4.87. The van der Waals surface area contributed by atoms with Gasteiger partial charge < -0.3 is 9.80 Å². The fraction of sp³-hybridized carbons (Fsp3) is 0.833. The lowest BCUT2D eigenvalue weighted by Crippen LogP contribution is -2.55. The predicted octanol–water partition coefficient (Wildman–Crippen LogP) is 4.02. The smallest absolute Gasteiger partial charge is 0.337 e. The van der Waals surface area contributed by atoms with Crippen molar-refractivity contribution >= 4 is 18.2 Å². The zero-order valence-electron chi connectivity index (χ0n) is 16.7. The summed E-state index contributed by atoms with van der Waals surface area (Å²) in [7, 11) is 0. The van der Waals surface area contributed by atoms with Gasteiger partial charge in [0.15, 0.2) is 0 Å². The van der Waals surface area contributed by atoms with E-state index in [0.29, 0.717) is 23.6 Å². The first-order valence-electron chi connectivity index (χ1n) is 9.35. The van der Waals surface area contributed by atoms with Gasteiger partial charge in [0.1, 0.15) is 5.84 Å². The summed E-state index contributed by atoms with van der Waals surface area (Å²) in [4.78, 5) is 29.8. The summed E-state index contributed by atoms with van der Waals surface area (Å²) >= 11 is 0. The normalized spacial score (nSPS) is 18.4. The predicted molar refractivity (Wildman–Crippen MR) is 95.2 cm³/mol. The molecule has 0 unspecified atom stereocenters. The van der Waals surface area contributed by atoms with Crippen LogP contribution in [-0.4, -0.2) is 64.7 Å².